The summed E-state index contributed by atoms with van der Waals surface area (Å²) in [6.45, 7) is 2.57. The Morgan fingerprint density at radius 2 is 1.94 bits per heavy atom. The summed E-state index contributed by atoms with van der Waals surface area (Å²) in [6.07, 6.45) is 0. The van der Waals surface area contributed by atoms with E-state index in [1.54, 1.807) is 7.11 Å². The van der Waals surface area contributed by atoms with E-state index < -0.39 is 0 Å². The van der Waals surface area contributed by atoms with E-state index in [2.05, 4.69) is 35.6 Å². The Balaban J connectivity index is 1.77. The molecule has 2 aromatic carbocycles. The van der Waals surface area contributed by atoms with Gasteiger partial charge in [0.1, 0.15) is 5.75 Å². The zero-order valence-electron chi connectivity index (χ0n) is 10.5. The standard InChI is InChI=1S/C15H17NO2/c1-17-15-5-4-12-6-11(2-3-13(12)7-15)8-16-14-9-18-10-14/h2-7,14,16H,8-10H2,1H3. The molecule has 18 heavy (non-hydrogen) atoms. The molecule has 1 aliphatic rings. The quantitative estimate of drug-likeness (QED) is 0.894. The van der Waals surface area contributed by atoms with Crippen LogP contribution in [-0.4, -0.2) is 26.4 Å². The fourth-order valence-electron chi connectivity index (χ4n) is 2.13. The molecule has 2 aromatic rings. The van der Waals surface area contributed by atoms with Crippen molar-refractivity contribution < 1.29 is 9.47 Å². The first kappa shape index (κ1) is 11.5. The van der Waals surface area contributed by atoms with Gasteiger partial charge >= 0.3 is 0 Å². The summed E-state index contributed by atoms with van der Waals surface area (Å²) >= 11 is 0. The lowest BCUT2D eigenvalue weighted by Gasteiger charge is -2.27. The van der Waals surface area contributed by atoms with Crippen molar-refractivity contribution in [3.8, 4) is 5.75 Å². The Hall–Kier alpha value is -1.58. The number of benzene rings is 2. The Morgan fingerprint density at radius 1 is 1.17 bits per heavy atom. The number of fused-ring (bicyclic) bond motifs is 1. The zero-order valence-corrected chi connectivity index (χ0v) is 10.5. The number of rotatable bonds is 4. The predicted molar refractivity (Wildman–Crippen MR) is 71.9 cm³/mol. The molecule has 3 rings (SSSR count). The Morgan fingerprint density at radius 3 is 2.67 bits per heavy atom. The van der Waals surface area contributed by atoms with Crippen molar-refractivity contribution in [3.63, 3.8) is 0 Å². The third kappa shape index (κ3) is 2.33. The fourth-order valence-corrected chi connectivity index (χ4v) is 2.13. The van der Waals surface area contributed by atoms with E-state index >= 15 is 0 Å². The Kier molecular flexibility index (Phi) is 3.17. The van der Waals surface area contributed by atoms with Crippen LogP contribution in [0.4, 0.5) is 0 Å². The molecule has 1 aliphatic heterocycles. The van der Waals surface area contributed by atoms with Gasteiger partial charge in [-0.15, -0.1) is 0 Å². The van der Waals surface area contributed by atoms with Crippen molar-refractivity contribution >= 4 is 10.8 Å². The van der Waals surface area contributed by atoms with Gasteiger partial charge in [0.2, 0.25) is 0 Å². The highest BCUT2D eigenvalue weighted by atomic mass is 16.5. The third-order valence-electron chi connectivity index (χ3n) is 3.34. The maximum absolute atomic E-state index is 5.23. The van der Waals surface area contributed by atoms with Gasteiger partial charge in [0.05, 0.1) is 26.4 Å². The fraction of sp³-hybridized carbons (Fsp3) is 0.333. The van der Waals surface area contributed by atoms with E-state index in [1.807, 2.05) is 6.07 Å². The van der Waals surface area contributed by atoms with E-state index in [0.29, 0.717) is 6.04 Å². The molecule has 0 bridgehead atoms. The number of ether oxygens (including phenoxy) is 2. The molecule has 0 unspecified atom stereocenters. The van der Waals surface area contributed by atoms with Gasteiger partial charge in [-0.2, -0.15) is 0 Å². The molecule has 0 spiro atoms. The third-order valence-corrected chi connectivity index (χ3v) is 3.34. The minimum atomic E-state index is 0.525. The molecule has 94 valence electrons. The van der Waals surface area contributed by atoms with Gasteiger partial charge in [-0.25, -0.2) is 0 Å². The summed E-state index contributed by atoms with van der Waals surface area (Å²) in [7, 11) is 1.69. The maximum atomic E-state index is 5.23. The molecule has 3 nitrogen and oxygen atoms in total. The normalized spacial score (nSPS) is 15.6. The van der Waals surface area contributed by atoms with Crippen LogP contribution in [0, 0.1) is 0 Å². The molecule has 3 heteroatoms. The van der Waals surface area contributed by atoms with Crippen LogP contribution >= 0.6 is 0 Å². The van der Waals surface area contributed by atoms with Crippen LogP contribution in [0.3, 0.4) is 0 Å². The lowest BCUT2D eigenvalue weighted by atomic mass is 10.1. The minimum absolute atomic E-state index is 0.525. The molecule has 1 N–H and O–H groups in total. The highest BCUT2D eigenvalue weighted by Gasteiger charge is 2.16. The molecule has 0 amide bonds. The first-order valence-corrected chi connectivity index (χ1v) is 6.23. The maximum Gasteiger partial charge on any atom is 0.119 e. The van der Waals surface area contributed by atoms with Crippen molar-refractivity contribution in [2.24, 2.45) is 0 Å². The van der Waals surface area contributed by atoms with Crippen molar-refractivity contribution in [1.29, 1.82) is 0 Å². The second-order valence-corrected chi connectivity index (χ2v) is 4.66. The van der Waals surface area contributed by atoms with Crippen molar-refractivity contribution in [2.45, 2.75) is 12.6 Å². The van der Waals surface area contributed by atoms with E-state index in [0.717, 1.165) is 25.5 Å². The van der Waals surface area contributed by atoms with Gasteiger partial charge in [0, 0.05) is 6.54 Å². The van der Waals surface area contributed by atoms with Crippen LogP contribution in [0.25, 0.3) is 10.8 Å². The van der Waals surface area contributed by atoms with E-state index in [1.165, 1.54) is 16.3 Å². The van der Waals surface area contributed by atoms with Gasteiger partial charge in [-0.1, -0.05) is 18.2 Å². The van der Waals surface area contributed by atoms with Gasteiger partial charge < -0.3 is 14.8 Å². The van der Waals surface area contributed by atoms with E-state index in [4.69, 9.17) is 9.47 Å². The molecular weight excluding hydrogens is 226 g/mol. The molecule has 0 aliphatic carbocycles. The van der Waals surface area contributed by atoms with Crippen molar-refractivity contribution in [3.05, 3.63) is 42.0 Å². The largest absolute Gasteiger partial charge is 0.497 e. The van der Waals surface area contributed by atoms with Crippen LogP contribution in [0.2, 0.25) is 0 Å². The monoisotopic (exact) mass is 243 g/mol. The molecule has 1 heterocycles. The summed E-state index contributed by atoms with van der Waals surface area (Å²) in [4.78, 5) is 0. The average molecular weight is 243 g/mol. The van der Waals surface area contributed by atoms with Gasteiger partial charge in [-0.05, 0) is 34.5 Å². The number of hydrogen-bond donors (Lipinski definition) is 1. The topological polar surface area (TPSA) is 30.5 Å². The Labute approximate surface area is 107 Å². The van der Waals surface area contributed by atoms with Crippen molar-refractivity contribution in [1.82, 2.24) is 5.32 Å². The zero-order chi connectivity index (χ0) is 12.4. The predicted octanol–water partition coefficient (Wildman–Crippen LogP) is 2.34. The van der Waals surface area contributed by atoms with E-state index in [-0.39, 0.29) is 0 Å². The highest BCUT2D eigenvalue weighted by Crippen LogP contribution is 2.21. The summed E-state index contributed by atoms with van der Waals surface area (Å²) < 4.78 is 10.4. The molecule has 0 aromatic heterocycles. The number of methoxy groups -OCH3 is 1. The van der Waals surface area contributed by atoms with Gasteiger partial charge in [0.15, 0.2) is 0 Å². The second kappa shape index (κ2) is 4.96. The highest BCUT2D eigenvalue weighted by molar-refractivity contribution is 5.84. The number of hydrogen-bond acceptors (Lipinski definition) is 3. The molecule has 0 atom stereocenters. The molecule has 0 saturated carbocycles. The average Bonchev–Trinajstić information content (AvgIpc) is 2.36. The first-order chi connectivity index (χ1) is 8.85. The van der Waals surface area contributed by atoms with Gasteiger partial charge in [0.25, 0.3) is 0 Å². The Bertz CT molecular complexity index is 549. The smallest absolute Gasteiger partial charge is 0.119 e. The molecule has 1 fully saturated rings. The summed E-state index contributed by atoms with van der Waals surface area (Å²) in [5.74, 6) is 0.903. The van der Waals surface area contributed by atoms with Crippen molar-refractivity contribution in [2.75, 3.05) is 20.3 Å². The van der Waals surface area contributed by atoms with Crippen LogP contribution < -0.4 is 10.1 Å². The van der Waals surface area contributed by atoms with Gasteiger partial charge in [-0.3, -0.25) is 0 Å². The summed E-state index contributed by atoms with van der Waals surface area (Å²) in [5.41, 5.74) is 1.31. The first-order valence-electron chi connectivity index (χ1n) is 6.23. The minimum Gasteiger partial charge on any atom is -0.497 e. The molecular formula is C15H17NO2. The number of nitrogens with one attached hydrogen (secondary N) is 1. The van der Waals surface area contributed by atoms with E-state index in [9.17, 15) is 0 Å². The van der Waals surface area contributed by atoms with Crippen LogP contribution in [0.1, 0.15) is 5.56 Å². The summed E-state index contributed by atoms with van der Waals surface area (Å²) in [5, 5.41) is 5.94. The lowest BCUT2D eigenvalue weighted by Crippen LogP contribution is -2.45. The molecule has 1 saturated heterocycles. The summed E-state index contributed by atoms with van der Waals surface area (Å²) in [6, 6.07) is 13.2. The SMILES string of the molecule is COc1ccc2cc(CNC3COC3)ccc2c1. The van der Waals surface area contributed by atoms with Crippen LogP contribution in [-0.2, 0) is 11.3 Å². The van der Waals surface area contributed by atoms with Crippen LogP contribution in [0.15, 0.2) is 36.4 Å². The lowest BCUT2D eigenvalue weighted by molar-refractivity contribution is -0.00578. The molecule has 0 radical (unpaired) electrons. The van der Waals surface area contributed by atoms with Crippen LogP contribution in [0.5, 0.6) is 5.75 Å². The second-order valence-electron chi connectivity index (χ2n) is 4.66.